The van der Waals surface area contributed by atoms with E-state index in [1.54, 1.807) is 20.8 Å². The maximum absolute atomic E-state index is 11.0. The molecule has 0 saturated heterocycles. The second kappa shape index (κ2) is 5.44. The fourth-order valence-corrected chi connectivity index (χ4v) is 0.534. The molecule has 0 spiro atoms. The Labute approximate surface area is 78.8 Å². The molecule has 0 rings (SSSR count). The first-order valence-electron chi connectivity index (χ1n) is 4.12. The minimum absolute atomic E-state index is 0.486. The number of carbonyl (C=O) groups is 1. The largest absolute Gasteiger partial charge is 0.443 e. The minimum Gasteiger partial charge on any atom is -0.443 e. The molecule has 4 heteroatoms. The molecule has 0 aromatic heterocycles. The molecule has 1 amide bonds. The molecule has 13 heavy (non-hydrogen) atoms. The molecule has 0 fully saturated rings. The normalized spacial score (nSPS) is 9.85. The van der Waals surface area contributed by atoms with Gasteiger partial charge in [-0.05, 0) is 20.8 Å². The predicted octanol–water partition coefficient (Wildman–Crippen LogP) is 0.821. The van der Waals surface area contributed by atoms with E-state index in [0.29, 0.717) is 13.0 Å². The number of carbonyl (C=O) groups excluding carboxylic acids is 1. The average Bonchev–Trinajstić information content (AvgIpc) is 1.94. The minimum atomic E-state index is -0.531. The topological polar surface area (TPSA) is 64.3 Å². The van der Waals surface area contributed by atoms with Crippen LogP contribution in [0.5, 0.6) is 0 Å². The van der Waals surface area contributed by atoms with Crippen LogP contribution in [0.4, 0.5) is 4.79 Å². The monoisotopic (exact) mass is 184 g/mol. The zero-order valence-electron chi connectivity index (χ0n) is 8.31. The first-order chi connectivity index (χ1) is 5.95. The molecule has 0 atom stereocenters. The number of hydrogen-bond donors (Lipinski definition) is 2. The summed E-state index contributed by atoms with van der Waals surface area (Å²) in [5.41, 5.74) is 4.71. The maximum atomic E-state index is 11.0. The standard InChI is InChI=1S/C9H16N2O2/c1-9(2,3)13-8(12)11-7-5-4-6-10/h4,6,10H2,1-3H3,(H,11,12). The summed E-state index contributed by atoms with van der Waals surface area (Å²) in [5.74, 6) is 2.66. The number of rotatable bonds is 1. The van der Waals surface area contributed by atoms with Gasteiger partial charge in [0.15, 0.2) is 0 Å². The molecule has 0 aliphatic carbocycles. The van der Waals surface area contributed by atoms with Gasteiger partial charge in [0, 0.05) is 19.0 Å². The smallest absolute Gasteiger partial charge is 0.419 e. The summed E-state index contributed by atoms with van der Waals surface area (Å²) in [6.07, 6.45) is 0.0347. The van der Waals surface area contributed by atoms with Gasteiger partial charge in [-0.1, -0.05) is 5.92 Å². The second-order valence-corrected chi connectivity index (χ2v) is 3.47. The van der Waals surface area contributed by atoms with Crippen molar-refractivity contribution in [2.24, 2.45) is 5.73 Å². The van der Waals surface area contributed by atoms with Crippen LogP contribution in [0, 0.1) is 12.0 Å². The molecule has 0 aromatic carbocycles. The van der Waals surface area contributed by atoms with Crippen LogP contribution in [-0.2, 0) is 4.74 Å². The third-order valence-electron chi connectivity index (χ3n) is 0.921. The van der Waals surface area contributed by atoms with Gasteiger partial charge in [-0.2, -0.15) is 0 Å². The van der Waals surface area contributed by atoms with Gasteiger partial charge in [0.05, 0.1) is 0 Å². The zero-order chi connectivity index (χ0) is 10.3. The Morgan fingerprint density at radius 3 is 2.62 bits per heavy atom. The zero-order valence-corrected chi connectivity index (χ0v) is 8.31. The van der Waals surface area contributed by atoms with Crippen LogP contribution in [-0.4, -0.2) is 18.2 Å². The van der Waals surface area contributed by atoms with Gasteiger partial charge in [-0.3, -0.25) is 0 Å². The summed E-state index contributed by atoms with van der Waals surface area (Å²) >= 11 is 0. The van der Waals surface area contributed by atoms with Crippen LogP contribution >= 0.6 is 0 Å². The molecule has 74 valence electrons. The lowest BCUT2D eigenvalue weighted by molar-refractivity contribution is 0.0557. The van der Waals surface area contributed by atoms with E-state index in [2.05, 4.69) is 17.3 Å². The first kappa shape index (κ1) is 11.8. The lowest BCUT2D eigenvalue weighted by Gasteiger charge is -2.18. The Morgan fingerprint density at radius 2 is 2.15 bits per heavy atom. The number of nitrogens with one attached hydrogen (secondary N) is 1. The molecular formula is C9H16N2O2. The highest BCUT2D eigenvalue weighted by Gasteiger charge is 2.14. The van der Waals surface area contributed by atoms with E-state index in [4.69, 9.17) is 10.5 Å². The van der Waals surface area contributed by atoms with Crippen molar-refractivity contribution in [3.63, 3.8) is 0 Å². The van der Waals surface area contributed by atoms with Crippen molar-refractivity contribution in [3.05, 3.63) is 0 Å². The van der Waals surface area contributed by atoms with Crippen molar-refractivity contribution < 1.29 is 9.53 Å². The van der Waals surface area contributed by atoms with Crippen LogP contribution in [0.1, 0.15) is 27.2 Å². The number of hydrogen-bond acceptors (Lipinski definition) is 3. The van der Waals surface area contributed by atoms with E-state index in [0.717, 1.165) is 0 Å². The SMILES string of the molecule is CC(C)(C)OC(=O)NC#CCCN. The molecule has 0 unspecified atom stereocenters. The van der Waals surface area contributed by atoms with Gasteiger partial charge in [-0.25, -0.2) is 10.1 Å². The molecular weight excluding hydrogens is 168 g/mol. The van der Waals surface area contributed by atoms with Crippen molar-refractivity contribution >= 4 is 6.09 Å². The van der Waals surface area contributed by atoms with Crippen LogP contribution in [0.15, 0.2) is 0 Å². The third-order valence-corrected chi connectivity index (χ3v) is 0.921. The van der Waals surface area contributed by atoms with Crippen molar-refractivity contribution in [2.45, 2.75) is 32.8 Å². The summed E-state index contributed by atoms with van der Waals surface area (Å²) in [5, 5.41) is 2.30. The van der Waals surface area contributed by atoms with Crippen molar-refractivity contribution in [1.29, 1.82) is 0 Å². The average molecular weight is 184 g/mol. The van der Waals surface area contributed by atoms with Gasteiger partial charge in [-0.15, -0.1) is 0 Å². The molecule has 3 N–H and O–H groups in total. The third kappa shape index (κ3) is 8.70. The number of alkyl carbamates (subject to hydrolysis) is 1. The molecule has 4 nitrogen and oxygen atoms in total. The molecule has 0 saturated carbocycles. The summed E-state index contributed by atoms with van der Waals surface area (Å²) in [6, 6.07) is 2.45. The Hall–Kier alpha value is -1.21. The lowest BCUT2D eigenvalue weighted by atomic mass is 10.2. The van der Waals surface area contributed by atoms with Crippen LogP contribution in [0.25, 0.3) is 0 Å². The summed E-state index contributed by atoms with van der Waals surface area (Å²) in [7, 11) is 0. The van der Waals surface area contributed by atoms with E-state index >= 15 is 0 Å². The Balaban J connectivity index is 3.72. The van der Waals surface area contributed by atoms with Crippen molar-refractivity contribution in [3.8, 4) is 12.0 Å². The Kier molecular flexibility index (Phi) is 4.93. The number of nitrogens with two attached hydrogens (primary N) is 1. The molecule has 0 aliphatic heterocycles. The van der Waals surface area contributed by atoms with Crippen molar-refractivity contribution in [2.75, 3.05) is 6.54 Å². The lowest BCUT2D eigenvalue weighted by Crippen LogP contribution is -2.29. The summed E-state index contributed by atoms with van der Waals surface area (Å²) in [4.78, 5) is 11.0. The second-order valence-electron chi connectivity index (χ2n) is 3.47. The molecule has 0 radical (unpaired) electrons. The quantitative estimate of drug-likeness (QED) is 0.468. The van der Waals surface area contributed by atoms with Crippen LogP contribution < -0.4 is 11.1 Å². The summed E-state index contributed by atoms with van der Waals surface area (Å²) in [6.45, 7) is 5.86. The van der Waals surface area contributed by atoms with Gasteiger partial charge >= 0.3 is 6.09 Å². The fraction of sp³-hybridized carbons (Fsp3) is 0.667. The molecule has 0 heterocycles. The number of ether oxygens (including phenoxy) is 1. The van der Waals surface area contributed by atoms with Gasteiger partial charge in [0.25, 0.3) is 0 Å². The van der Waals surface area contributed by atoms with E-state index in [-0.39, 0.29) is 0 Å². The Bertz CT molecular complexity index is 220. The highest BCUT2D eigenvalue weighted by Crippen LogP contribution is 2.05. The van der Waals surface area contributed by atoms with E-state index < -0.39 is 11.7 Å². The first-order valence-corrected chi connectivity index (χ1v) is 4.12. The Morgan fingerprint density at radius 1 is 1.54 bits per heavy atom. The van der Waals surface area contributed by atoms with E-state index in [1.165, 1.54) is 0 Å². The molecule has 0 aromatic rings. The van der Waals surface area contributed by atoms with E-state index in [1.807, 2.05) is 0 Å². The molecule has 0 bridgehead atoms. The predicted molar refractivity (Wildman–Crippen MR) is 50.8 cm³/mol. The van der Waals surface area contributed by atoms with Crippen LogP contribution in [0.2, 0.25) is 0 Å². The van der Waals surface area contributed by atoms with Crippen molar-refractivity contribution in [1.82, 2.24) is 5.32 Å². The maximum Gasteiger partial charge on any atom is 0.419 e. The summed E-state index contributed by atoms with van der Waals surface area (Å²) < 4.78 is 4.93. The van der Waals surface area contributed by atoms with Gasteiger partial charge in [0.1, 0.15) is 5.60 Å². The molecule has 0 aliphatic rings. The highest BCUT2D eigenvalue weighted by atomic mass is 16.6. The fourth-order valence-electron chi connectivity index (χ4n) is 0.534. The highest BCUT2D eigenvalue weighted by molar-refractivity contribution is 5.69. The van der Waals surface area contributed by atoms with Gasteiger partial charge < -0.3 is 10.5 Å². The van der Waals surface area contributed by atoms with Gasteiger partial charge in [0.2, 0.25) is 0 Å². The number of amides is 1. The van der Waals surface area contributed by atoms with Crippen LogP contribution in [0.3, 0.4) is 0 Å². The van der Waals surface area contributed by atoms with E-state index in [9.17, 15) is 4.79 Å².